The minimum Gasteiger partial charge on any atom is -0.357 e. The summed E-state index contributed by atoms with van der Waals surface area (Å²) in [6.07, 6.45) is 0. The Hall–Kier alpha value is -0.570. The summed E-state index contributed by atoms with van der Waals surface area (Å²) in [6, 6.07) is 0. The van der Waals surface area contributed by atoms with Crippen LogP contribution in [0, 0.1) is 0 Å². The van der Waals surface area contributed by atoms with Crippen molar-refractivity contribution in [2.45, 2.75) is 40.2 Å². The van der Waals surface area contributed by atoms with Crippen molar-refractivity contribution in [1.82, 2.24) is 20.4 Å². The molecule has 0 aromatic carbocycles. The number of amides is 1. The summed E-state index contributed by atoms with van der Waals surface area (Å²) in [7, 11) is 0. The molecule has 1 fully saturated rings. The van der Waals surface area contributed by atoms with Gasteiger partial charge in [0.15, 0.2) is 5.96 Å². The van der Waals surface area contributed by atoms with Gasteiger partial charge < -0.3 is 20.4 Å². The molecular weight excluding hydrogens is 393 g/mol. The number of carbonyl (C=O) groups is 1. The van der Waals surface area contributed by atoms with Gasteiger partial charge in [0.05, 0.1) is 6.54 Å². The lowest BCUT2D eigenvalue weighted by Crippen LogP contribution is -2.53. The second-order valence-corrected chi connectivity index (χ2v) is 6.41. The van der Waals surface area contributed by atoms with Crippen LogP contribution in [0.1, 0.15) is 34.6 Å². The molecule has 1 saturated heterocycles. The Balaban J connectivity index is 0.00000441. The molecule has 2 N–H and O–H groups in total. The van der Waals surface area contributed by atoms with Crippen LogP contribution in [0.5, 0.6) is 0 Å². The van der Waals surface area contributed by atoms with Gasteiger partial charge in [0, 0.05) is 51.7 Å². The molecule has 0 aromatic heterocycles. The SMILES string of the molecule is CCNC(=NCCNC(C)(C)C)N1CCN(C(C)=O)CC1.I. The Morgan fingerprint density at radius 3 is 2.14 bits per heavy atom. The number of nitrogens with one attached hydrogen (secondary N) is 2. The highest BCUT2D eigenvalue weighted by atomic mass is 127. The second kappa shape index (κ2) is 10.3. The van der Waals surface area contributed by atoms with Crippen molar-refractivity contribution in [2.24, 2.45) is 4.99 Å². The number of nitrogens with zero attached hydrogens (tertiary/aromatic N) is 3. The summed E-state index contributed by atoms with van der Waals surface area (Å²) in [6.45, 7) is 15.9. The van der Waals surface area contributed by atoms with Gasteiger partial charge in [0.25, 0.3) is 0 Å². The van der Waals surface area contributed by atoms with Crippen LogP contribution in [0.2, 0.25) is 0 Å². The zero-order chi connectivity index (χ0) is 15.9. The summed E-state index contributed by atoms with van der Waals surface area (Å²) >= 11 is 0. The molecule has 6 nitrogen and oxygen atoms in total. The molecule has 0 bridgehead atoms. The number of rotatable bonds is 4. The number of carbonyl (C=O) groups excluding carboxylic acids is 1. The van der Waals surface area contributed by atoms with E-state index in [-0.39, 0.29) is 35.4 Å². The van der Waals surface area contributed by atoms with Crippen molar-refractivity contribution < 1.29 is 4.79 Å². The number of guanidine groups is 1. The lowest BCUT2D eigenvalue weighted by molar-refractivity contribution is -0.130. The van der Waals surface area contributed by atoms with Crippen LogP contribution >= 0.6 is 24.0 Å². The van der Waals surface area contributed by atoms with E-state index < -0.39 is 0 Å². The van der Waals surface area contributed by atoms with Crippen molar-refractivity contribution >= 4 is 35.8 Å². The molecule has 0 atom stereocenters. The topological polar surface area (TPSA) is 60.0 Å². The molecule has 0 aliphatic carbocycles. The minimum absolute atomic E-state index is 0. The fraction of sp³-hybridized carbons (Fsp3) is 0.867. The smallest absolute Gasteiger partial charge is 0.219 e. The highest BCUT2D eigenvalue weighted by Crippen LogP contribution is 2.03. The minimum atomic E-state index is 0. The molecule has 1 rings (SSSR count). The maximum Gasteiger partial charge on any atom is 0.219 e. The number of hydrogen-bond donors (Lipinski definition) is 2. The Morgan fingerprint density at radius 2 is 1.68 bits per heavy atom. The van der Waals surface area contributed by atoms with Gasteiger partial charge in [-0.05, 0) is 27.7 Å². The first kappa shape index (κ1) is 21.4. The summed E-state index contributed by atoms with van der Waals surface area (Å²) < 4.78 is 0. The fourth-order valence-corrected chi connectivity index (χ4v) is 2.25. The molecule has 7 heteroatoms. The van der Waals surface area contributed by atoms with E-state index in [1.807, 2.05) is 4.90 Å². The van der Waals surface area contributed by atoms with Gasteiger partial charge in [-0.15, -0.1) is 24.0 Å². The van der Waals surface area contributed by atoms with Gasteiger partial charge >= 0.3 is 0 Å². The number of aliphatic imine (C=N–C) groups is 1. The molecule has 22 heavy (non-hydrogen) atoms. The number of hydrogen-bond acceptors (Lipinski definition) is 3. The third-order valence-electron chi connectivity index (χ3n) is 3.39. The third kappa shape index (κ3) is 8.17. The largest absolute Gasteiger partial charge is 0.357 e. The molecule has 1 heterocycles. The van der Waals surface area contributed by atoms with Crippen molar-refractivity contribution in [3.63, 3.8) is 0 Å². The summed E-state index contributed by atoms with van der Waals surface area (Å²) in [5, 5.41) is 6.78. The second-order valence-electron chi connectivity index (χ2n) is 6.41. The van der Waals surface area contributed by atoms with Gasteiger partial charge in [-0.25, -0.2) is 0 Å². The van der Waals surface area contributed by atoms with Gasteiger partial charge in [-0.2, -0.15) is 0 Å². The molecule has 0 spiro atoms. The van der Waals surface area contributed by atoms with Crippen LogP contribution in [0.25, 0.3) is 0 Å². The molecule has 1 amide bonds. The number of piperazine rings is 1. The zero-order valence-corrected chi connectivity index (χ0v) is 16.9. The molecular formula is C15H32IN5O. The molecule has 130 valence electrons. The van der Waals surface area contributed by atoms with Gasteiger partial charge in [0.2, 0.25) is 5.91 Å². The molecule has 1 aliphatic rings. The summed E-state index contributed by atoms with van der Waals surface area (Å²) in [5.41, 5.74) is 0.126. The highest BCUT2D eigenvalue weighted by Gasteiger charge is 2.20. The van der Waals surface area contributed by atoms with Crippen LogP contribution in [-0.2, 0) is 4.79 Å². The molecule has 0 aromatic rings. The Bertz CT molecular complexity index is 359. The van der Waals surface area contributed by atoms with E-state index in [4.69, 9.17) is 0 Å². The van der Waals surface area contributed by atoms with Crippen LogP contribution in [0.15, 0.2) is 4.99 Å². The molecule has 1 aliphatic heterocycles. The average Bonchev–Trinajstić information content (AvgIpc) is 2.41. The lowest BCUT2D eigenvalue weighted by atomic mass is 10.1. The standard InChI is InChI=1S/C15H31N5O.HI/c1-6-16-14(17-7-8-18-15(3,4)5)20-11-9-19(10-12-20)13(2)21;/h18H,6-12H2,1-5H3,(H,16,17);1H. The van der Waals surface area contributed by atoms with E-state index in [1.165, 1.54) is 0 Å². The first-order valence-electron chi connectivity index (χ1n) is 7.87. The van der Waals surface area contributed by atoms with Crippen LogP contribution in [0.4, 0.5) is 0 Å². The predicted octanol–water partition coefficient (Wildman–Crippen LogP) is 1.12. The maximum absolute atomic E-state index is 11.4. The van der Waals surface area contributed by atoms with Crippen molar-refractivity contribution in [2.75, 3.05) is 45.8 Å². The van der Waals surface area contributed by atoms with Crippen LogP contribution < -0.4 is 10.6 Å². The van der Waals surface area contributed by atoms with Gasteiger partial charge in [0.1, 0.15) is 0 Å². The van der Waals surface area contributed by atoms with Crippen LogP contribution in [-0.4, -0.2) is 73.0 Å². The van der Waals surface area contributed by atoms with Crippen molar-refractivity contribution in [3.05, 3.63) is 0 Å². The summed E-state index contributed by atoms with van der Waals surface area (Å²) in [5.74, 6) is 1.11. The Kier molecular flexibility index (Phi) is 9.99. The highest BCUT2D eigenvalue weighted by molar-refractivity contribution is 14.0. The molecule has 0 saturated carbocycles. The van der Waals surface area contributed by atoms with Gasteiger partial charge in [-0.1, -0.05) is 0 Å². The average molecular weight is 425 g/mol. The van der Waals surface area contributed by atoms with E-state index in [1.54, 1.807) is 6.92 Å². The maximum atomic E-state index is 11.4. The van der Waals surface area contributed by atoms with Crippen molar-refractivity contribution in [3.8, 4) is 0 Å². The fourth-order valence-electron chi connectivity index (χ4n) is 2.25. The first-order chi connectivity index (χ1) is 9.83. The van der Waals surface area contributed by atoms with E-state index in [0.29, 0.717) is 0 Å². The van der Waals surface area contributed by atoms with Gasteiger partial charge in [-0.3, -0.25) is 9.79 Å². The van der Waals surface area contributed by atoms with E-state index in [0.717, 1.165) is 51.8 Å². The predicted molar refractivity (Wildman–Crippen MR) is 103 cm³/mol. The first-order valence-corrected chi connectivity index (χ1v) is 7.87. The van der Waals surface area contributed by atoms with E-state index >= 15 is 0 Å². The monoisotopic (exact) mass is 425 g/mol. The third-order valence-corrected chi connectivity index (χ3v) is 3.39. The number of halogens is 1. The van der Waals surface area contributed by atoms with E-state index in [2.05, 4.69) is 48.2 Å². The Labute approximate surface area is 152 Å². The van der Waals surface area contributed by atoms with E-state index in [9.17, 15) is 4.79 Å². The van der Waals surface area contributed by atoms with Crippen LogP contribution in [0.3, 0.4) is 0 Å². The summed E-state index contributed by atoms with van der Waals surface area (Å²) in [4.78, 5) is 20.2. The van der Waals surface area contributed by atoms with Crippen molar-refractivity contribution in [1.29, 1.82) is 0 Å². The normalized spacial score (nSPS) is 16.3. The Morgan fingerprint density at radius 1 is 1.14 bits per heavy atom. The lowest BCUT2D eigenvalue weighted by Gasteiger charge is -2.36. The molecule has 0 radical (unpaired) electrons. The molecule has 0 unspecified atom stereocenters. The zero-order valence-electron chi connectivity index (χ0n) is 14.6. The quantitative estimate of drug-likeness (QED) is 0.307.